The van der Waals surface area contributed by atoms with E-state index in [2.05, 4.69) is 6.92 Å². The Labute approximate surface area is 115 Å². The van der Waals surface area contributed by atoms with Gasteiger partial charge in [0.2, 0.25) is 0 Å². The number of rotatable bonds is 8. The molecule has 5 heteroatoms. The third kappa shape index (κ3) is 4.73. The first kappa shape index (κ1) is 18.9. The third-order valence-electron chi connectivity index (χ3n) is 3.35. The molecule has 0 saturated heterocycles. The summed E-state index contributed by atoms with van der Waals surface area (Å²) in [5.74, 6) is -2.76. The Morgan fingerprint density at radius 2 is 1.59 bits per heavy atom. The van der Waals surface area contributed by atoms with Crippen LogP contribution >= 0.6 is 0 Å². The molecule has 0 rings (SSSR count). The van der Waals surface area contributed by atoms with Crippen molar-refractivity contribution in [1.82, 2.24) is 0 Å². The molecule has 0 amide bonds. The standard InChI is InChI=1S/C12H22O4.Li.H/c1-4-6-7-8-9(5-2)12(3,10(13)14)11(15)16;;/h9H,4-8H2,1-3H3,(H,13,14)(H,15,16);;. The molecule has 1 unspecified atom stereocenters. The molecule has 0 spiro atoms. The summed E-state index contributed by atoms with van der Waals surface area (Å²) in [5, 5.41) is 18.2. The van der Waals surface area contributed by atoms with Crippen LogP contribution in [0.1, 0.15) is 52.9 Å². The summed E-state index contributed by atoms with van der Waals surface area (Å²) in [7, 11) is 0. The SMILES string of the molecule is CCCCCC(CC)C(C)(C(=O)O)C(=O)O.[LiH]. The Kier molecular flexibility index (Phi) is 9.56. The fraction of sp³-hybridized carbons (Fsp3) is 0.833. The zero-order valence-electron chi connectivity index (χ0n) is 10.3. The first-order valence-electron chi connectivity index (χ1n) is 5.87. The number of aliphatic carboxylic acids is 2. The molecule has 4 nitrogen and oxygen atoms in total. The van der Waals surface area contributed by atoms with E-state index >= 15 is 0 Å². The Bertz CT molecular complexity index is 239. The zero-order valence-corrected chi connectivity index (χ0v) is 10.3. The van der Waals surface area contributed by atoms with Gasteiger partial charge in [-0.2, -0.15) is 0 Å². The number of unbranched alkanes of at least 4 members (excludes halogenated alkanes) is 2. The summed E-state index contributed by atoms with van der Waals surface area (Å²) in [6, 6.07) is 0. The average molecular weight is 238 g/mol. The van der Waals surface area contributed by atoms with Crippen LogP contribution in [0, 0.1) is 11.3 Å². The van der Waals surface area contributed by atoms with Crippen LogP contribution in [-0.4, -0.2) is 41.0 Å². The van der Waals surface area contributed by atoms with Gasteiger partial charge in [0.05, 0.1) is 0 Å². The molecule has 0 bridgehead atoms. The van der Waals surface area contributed by atoms with E-state index in [0.29, 0.717) is 12.8 Å². The van der Waals surface area contributed by atoms with Crippen LogP contribution in [0.4, 0.5) is 0 Å². The van der Waals surface area contributed by atoms with Crippen molar-refractivity contribution in [1.29, 1.82) is 0 Å². The predicted molar refractivity (Wildman–Crippen MR) is 68.5 cm³/mol. The van der Waals surface area contributed by atoms with Gasteiger partial charge in [0.1, 0.15) is 0 Å². The van der Waals surface area contributed by atoms with Crippen LogP contribution in [0.15, 0.2) is 0 Å². The van der Waals surface area contributed by atoms with Crippen molar-refractivity contribution < 1.29 is 19.8 Å². The van der Waals surface area contributed by atoms with E-state index < -0.39 is 17.4 Å². The molecule has 0 fully saturated rings. The second kappa shape index (κ2) is 8.60. The van der Waals surface area contributed by atoms with Crippen LogP contribution in [-0.2, 0) is 9.59 Å². The van der Waals surface area contributed by atoms with E-state index in [9.17, 15) is 9.59 Å². The summed E-state index contributed by atoms with van der Waals surface area (Å²) in [6.45, 7) is 5.23. The molecule has 0 aliphatic heterocycles. The summed E-state index contributed by atoms with van der Waals surface area (Å²) in [6.07, 6.45) is 4.21. The topological polar surface area (TPSA) is 74.6 Å². The second-order valence-electron chi connectivity index (χ2n) is 4.41. The molecule has 0 aromatic heterocycles. The van der Waals surface area contributed by atoms with Crippen LogP contribution in [0.5, 0.6) is 0 Å². The van der Waals surface area contributed by atoms with Crippen molar-refractivity contribution in [3.8, 4) is 0 Å². The predicted octanol–water partition coefficient (Wildman–Crippen LogP) is 2.12. The monoisotopic (exact) mass is 238 g/mol. The molecule has 0 aromatic carbocycles. The van der Waals surface area contributed by atoms with Crippen molar-refractivity contribution in [2.75, 3.05) is 0 Å². The van der Waals surface area contributed by atoms with Gasteiger partial charge in [0.25, 0.3) is 0 Å². The number of carboxylic acids is 2. The first-order chi connectivity index (χ1) is 7.41. The maximum atomic E-state index is 11.1. The first-order valence-corrected chi connectivity index (χ1v) is 5.87. The van der Waals surface area contributed by atoms with Gasteiger partial charge in [-0.3, -0.25) is 9.59 Å². The van der Waals surface area contributed by atoms with Crippen molar-refractivity contribution in [3.05, 3.63) is 0 Å². The fourth-order valence-corrected chi connectivity index (χ4v) is 1.98. The van der Waals surface area contributed by atoms with Gasteiger partial charge in [-0.25, -0.2) is 0 Å². The van der Waals surface area contributed by atoms with E-state index in [4.69, 9.17) is 10.2 Å². The van der Waals surface area contributed by atoms with E-state index in [1.165, 1.54) is 6.92 Å². The fourth-order valence-electron chi connectivity index (χ4n) is 1.98. The number of hydrogen-bond acceptors (Lipinski definition) is 2. The summed E-state index contributed by atoms with van der Waals surface area (Å²) >= 11 is 0. The van der Waals surface area contributed by atoms with Gasteiger partial charge in [0.15, 0.2) is 5.41 Å². The van der Waals surface area contributed by atoms with E-state index in [1.807, 2.05) is 6.92 Å². The van der Waals surface area contributed by atoms with Gasteiger partial charge >= 0.3 is 30.8 Å². The molecule has 1 atom stereocenters. The minimum atomic E-state index is -1.65. The molecular formula is C12H23LiO4. The van der Waals surface area contributed by atoms with E-state index in [1.54, 1.807) is 0 Å². The van der Waals surface area contributed by atoms with Gasteiger partial charge in [0, 0.05) is 0 Å². The van der Waals surface area contributed by atoms with Crippen LogP contribution in [0.2, 0.25) is 0 Å². The third-order valence-corrected chi connectivity index (χ3v) is 3.35. The molecule has 0 radical (unpaired) electrons. The molecular weight excluding hydrogens is 215 g/mol. The molecule has 2 N–H and O–H groups in total. The Morgan fingerprint density at radius 1 is 1.12 bits per heavy atom. The van der Waals surface area contributed by atoms with Crippen LogP contribution in [0.25, 0.3) is 0 Å². The normalized spacial score (nSPS) is 12.6. The minimum absolute atomic E-state index is 0. The van der Waals surface area contributed by atoms with Crippen molar-refractivity contribution >= 4 is 30.8 Å². The van der Waals surface area contributed by atoms with Crippen LogP contribution < -0.4 is 0 Å². The second-order valence-corrected chi connectivity index (χ2v) is 4.41. The number of carbonyl (C=O) groups is 2. The van der Waals surface area contributed by atoms with Gasteiger partial charge in [-0.15, -0.1) is 0 Å². The average Bonchev–Trinajstić information content (AvgIpc) is 2.23. The Hall–Kier alpha value is -0.463. The maximum absolute atomic E-state index is 11.1. The molecule has 17 heavy (non-hydrogen) atoms. The van der Waals surface area contributed by atoms with Gasteiger partial charge < -0.3 is 10.2 Å². The molecule has 0 aliphatic carbocycles. The summed E-state index contributed by atoms with van der Waals surface area (Å²) < 4.78 is 0. The molecule has 0 heterocycles. The van der Waals surface area contributed by atoms with Gasteiger partial charge in [-0.1, -0.05) is 39.5 Å². The summed E-state index contributed by atoms with van der Waals surface area (Å²) in [4.78, 5) is 22.2. The van der Waals surface area contributed by atoms with Crippen LogP contribution in [0.3, 0.4) is 0 Å². The zero-order chi connectivity index (χ0) is 12.8. The number of hydrogen-bond donors (Lipinski definition) is 2. The molecule has 96 valence electrons. The number of carboxylic acid groups (broad SMARTS) is 2. The Morgan fingerprint density at radius 3 is 1.88 bits per heavy atom. The van der Waals surface area contributed by atoms with Crippen molar-refractivity contribution in [3.63, 3.8) is 0 Å². The summed E-state index contributed by atoms with van der Waals surface area (Å²) in [5.41, 5.74) is -1.65. The molecule has 0 aromatic rings. The van der Waals surface area contributed by atoms with Gasteiger partial charge in [-0.05, 0) is 19.3 Å². The molecule has 0 aliphatic rings. The molecule has 0 saturated carbocycles. The van der Waals surface area contributed by atoms with E-state index in [-0.39, 0.29) is 24.8 Å². The quantitative estimate of drug-likeness (QED) is 0.386. The van der Waals surface area contributed by atoms with Crippen molar-refractivity contribution in [2.45, 2.75) is 52.9 Å². The van der Waals surface area contributed by atoms with Crippen molar-refractivity contribution in [2.24, 2.45) is 11.3 Å². The Balaban J connectivity index is 0. The van der Waals surface area contributed by atoms with E-state index in [0.717, 1.165) is 19.3 Å².